The molecule has 0 aliphatic rings. The number of methoxy groups -OCH3 is 1. The van der Waals surface area contributed by atoms with Crippen LogP contribution in [0.5, 0.6) is 5.75 Å². The lowest BCUT2D eigenvalue weighted by molar-refractivity contribution is 0.416. The lowest BCUT2D eigenvalue weighted by Gasteiger charge is -2.14. The van der Waals surface area contributed by atoms with Crippen molar-refractivity contribution < 1.29 is 4.74 Å². The summed E-state index contributed by atoms with van der Waals surface area (Å²) in [5.41, 5.74) is 7.34. The molecule has 3 N–H and O–H groups in total. The van der Waals surface area contributed by atoms with Gasteiger partial charge in [-0.2, -0.15) is 0 Å². The van der Waals surface area contributed by atoms with Crippen LogP contribution in [0.25, 0.3) is 0 Å². The van der Waals surface area contributed by atoms with Gasteiger partial charge in [-0.1, -0.05) is 0 Å². The van der Waals surface area contributed by atoms with Crippen molar-refractivity contribution in [1.29, 1.82) is 0 Å². The average Bonchev–Trinajstić information content (AvgIpc) is 2.03. The smallest absolute Gasteiger partial charge is 0.142 e. The number of hydrogen-bond acceptors (Lipinski definition) is 3. The molecule has 0 radical (unpaired) electrons. The van der Waals surface area contributed by atoms with Crippen molar-refractivity contribution in [3.05, 3.63) is 18.2 Å². The van der Waals surface area contributed by atoms with Gasteiger partial charge in [-0.15, -0.1) is 0 Å². The molecule has 0 heterocycles. The molecule has 3 heteroatoms. The second-order valence-electron chi connectivity index (χ2n) is 3.26. The highest BCUT2D eigenvalue weighted by Crippen LogP contribution is 2.26. The minimum atomic E-state index is 0.371. The zero-order valence-corrected chi connectivity index (χ0v) is 8.29. The topological polar surface area (TPSA) is 47.3 Å². The largest absolute Gasteiger partial charge is 0.495 e. The molecule has 0 aromatic heterocycles. The van der Waals surface area contributed by atoms with Gasteiger partial charge in [0.1, 0.15) is 5.75 Å². The molecule has 72 valence electrons. The third-order valence-corrected chi connectivity index (χ3v) is 1.67. The number of anilines is 2. The SMILES string of the molecule is COc1ccc(N)cc1NC(C)C. The molecule has 1 aromatic rings. The summed E-state index contributed by atoms with van der Waals surface area (Å²) in [6.45, 7) is 4.14. The summed E-state index contributed by atoms with van der Waals surface area (Å²) in [6.07, 6.45) is 0. The normalized spacial score (nSPS) is 10.2. The molecule has 3 nitrogen and oxygen atoms in total. The second-order valence-corrected chi connectivity index (χ2v) is 3.26. The Balaban J connectivity index is 2.94. The second kappa shape index (κ2) is 4.03. The van der Waals surface area contributed by atoms with E-state index in [0.717, 1.165) is 17.1 Å². The molecule has 1 aromatic carbocycles. The maximum absolute atomic E-state index is 5.66. The molecular weight excluding hydrogens is 164 g/mol. The Labute approximate surface area is 78.9 Å². The zero-order valence-electron chi connectivity index (χ0n) is 8.29. The summed E-state index contributed by atoms with van der Waals surface area (Å²) in [5.74, 6) is 0.822. The van der Waals surface area contributed by atoms with Crippen LogP contribution >= 0.6 is 0 Å². The van der Waals surface area contributed by atoms with Crippen LogP contribution in [0, 0.1) is 0 Å². The van der Waals surface area contributed by atoms with Gasteiger partial charge in [0.05, 0.1) is 12.8 Å². The highest BCUT2D eigenvalue weighted by molar-refractivity contribution is 5.63. The van der Waals surface area contributed by atoms with Crippen LogP contribution in [0.3, 0.4) is 0 Å². The lowest BCUT2D eigenvalue weighted by atomic mass is 10.2. The number of nitrogen functional groups attached to an aromatic ring is 1. The van der Waals surface area contributed by atoms with Crippen molar-refractivity contribution in [2.24, 2.45) is 0 Å². The van der Waals surface area contributed by atoms with Gasteiger partial charge in [-0.25, -0.2) is 0 Å². The highest BCUT2D eigenvalue weighted by atomic mass is 16.5. The van der Waals surface area contributed by atoms with Crippen molar-refractivity contribution in [2.75, 3.05) is 18.2 Å². The summed E-state index contributed by atoms with van der Waals surface area (Å²) in [7, 11) is 1.65. The summed E-state index contributed by atoms with van der Waals surface area (Å²) < 4.78 is 5.18. The molecular formula is C10H16N2O. The molecule has 0 aliphatic carbocycles. The Kier molecular flexibility index (Phi) is 3.01. The summed E-state index contributed by atoms with van der Waals surface area (Å²) in [5, 5.41) is 3.26. The Morgan fingerprint density at radius 2 is 2.08 bits per heavy atom. The molecule has 0 aliphatic heterocycles. The summed E-state index contributed by atoms with van der Waals surface area (Å²) in [4.78, 5) is 0. The standard InChI is InChI=1S/C10H16N2O/c1-7(2)12-9-6-8(11)4-5-10(9)13-3/h4-7,12H,11H2,1-3H3. The summed E-state index contributed by atoms with van der Waals surface area (Å²) >= 11 is 0. The van der Waals surface area contributed by atoms with E-state index in [1.54, 1.807) is 7.11 Å². The van der Waals surface area contributed by atoms with Crippen molar-refractivity contribution >= 4 is 11.4 Å². The summed E-state index contributed by atoms with van der Waals surface area (Å²) in [6, 6.07) is 5.93. The van der Waals surface area contributed by atoms with Gasteiger partial charge in [-0.05, 0) is 32.0 Å². The van der Waals surface area contributed by atoms with E-state index in [9.17, 15) is 0 Å². The number of hydrogen-bond donors (Lipinski definition) is 2. The van der Waals surface area contributed by atoms with Gasteiger partial charge in [0.2, 0.25) is 0 Å². The van der Waals surface area contributed by atoms with Crippen LogP contribution in [-0.2, 0) is 0 Å². The Morgan fingerprint density at radius 3 is 2.62 bits per heavy atom. The maximum Gasteiger partial charge on any atom is 0.142 e. The fourth-order valence-electron chi connectivity index (χ4n) is 1.15. The number of nitrogens with two attached hydrogens (primary N) is 1. The molecule has 0 atom stereocenters. The van der Waals surface area contributed by atoms with Gasteiger partial charge in [0, 0.05) is 11.7 Å². The predicted octanol–water partition coefficient (Wildman–Crippen LogP) is 2.10. The monoisotopic (exact) mass is 180 g/mol. The number of ether oxygens (including phenoxy) is 1. The van der Waals surface area contributed by atoms with Gasteiger partial charge in [-0.3, -0.25) is 0 Å². The Hall–Kier alpha value is -1.38. The van der Waals surface area contributed by atoms with Crippen molar-refractivity contribution in [1.82, 2.24) is 0 Å². The first-order valence-electron chi connectivity index (χ1n) is 4.33. The van der Waals surface area contributed by atoms with E-state index in [-0.39, 0.29) is 0 Å². The average molecular weight is 180 g/mol. The molecule has 0 amide bonds. The minimum absolute atomic E-state index is 0.371. The van der Waals surface area contributed by atoms with Crippen LogP contribution in [0.15, 0.2) is 18.2 Å². The van der Waals surface area contributed by atoms with E-state index in [1.807, 2.05) is 18.2 Å². The van der Waals surface area contributed by atoms with Crippen molar-refractivity contribution in [3.8, 4) is 5.75 Å². The van der Waals surface area contributed by atoms with E-state index < -0.39 is 0 Å². The van der Waals surface area contributed by atoms with Crippen LogP contribution in [0.4, 0.5) is 11.4 Å². The van der Waals surface area contributed by atoms with E-state index in [2.05, 4.69) is 19.2 Å². The number of benzene rings is 1. The van der Waals surface area contributed by atoms with Crippen LogP contribution in [0.1, 0.15) is 13.8 Å². The van der Waals surface area contributed by atoms with Gasteiger partial charge in [0.25, 0.3) is 0 Å². The Morgan fingerprint density at radius 1 is 1.38 bits per heavy atom. The molecule has 13 heavy (non-hydrogen) atoms. The lowest BCUT2D eigenvalue weighted by Crippen LogP contribution is -2.10. The van der Waals surface area contributed by atoms with E-state index >= 15 is 0 Å². The van der Waals surface area contributed by atoms with Crippen LogP contribution in [-0.4, -0.2) is 13.2 Å². The zero-order chi connectivity index (χ0) is 9.84. The number of nitrogens with one attached hydrogen (secondary N) is 1. The number of rotatable bonds is 3. The predicted molar refractivity (Wildman–Crippen MR) is 56.2 cm³/mol. The highest BCUT2D eigenvalue weighted by Gasteiger charge is 2.03. The van der Waals surface area contributed by atoms with Crippen molar-refractivity contribution in [2.45, 2.75) is 19.9 Å². The molecule has 0 unspecified atom stereocenters. The first-order valence-corrected chi connectivity index (χ1v) is 4.33. The molecule has 0 fully saturated rings. The fourth-order valence-corrected chi connectivity index (χ4v) is 1.15. The van der Waals surface area contributed by atoms with E-state index in [4.69, 9.17) is 10.5 Å². The maximum atomic E-state index is 5.66. The van der Waals surface area contributed by atoms with Crippen LogP contribution in [0.2, 0.25) is 0 Å². The third-order valence-electron chi connectivity index (χ3n) is 1.67. The van der Waals surface area contributed by atoms with Gasteiger partial charge < -0.3 is 15.8 Å². The van der Waals surface area contributed by atoms with Gasteiger partial charge in [0.15, 0.2) is 0 Å². The minimum Gasteiger partial charge on any atom is -0.495 e. The third kappa shape index (κ3) is 2.54. The quantitative estimate of drug-likeness (QED) is 0.700. The van der Waals surface area contributed by atoms with E-state index in [1.165, 1.54) is 0 Å². The molecule has 1 rings (SSSR count). The van der Waals surface area contributed by atoms with Gasteiger partial charge >= 0.3 is 0 Å². The molecule has 0 spiro atoms. The van der Waals surface area contributed by atoms with E-state index in [0.29, 0.717) is 6.04 Å². The van der Waals surface area contributed by atoms with Crippen LogP contribution < -0.4 is 15.8 Å². The molecule has 0 bridgehead atoms. The Bertz CT molecular complexity index is 284. The molecule has 0 saturated carbocycles. The molecule has 0 saturated heterocycles. The first kappa shape index (κ1) is 9.71. The fraction of sp³-hybridized carbons (Fsp3) is 0.400. The van der Waals surface area contributed by atoms with Crippen molar-refractivity contribution in [3.63, 3.8) is 0 Å². The first-order chi connectivity index (χ1) is 6.13.